The van der Waals surface area contributed by atoms with Gasteiger partial charge in [0.1, 0.15) is 29.3 Å². The fourth-order valence-electron chi connectivity index (χ4n) is 13.8. The number of fused-ring (bicyclic) bond motifs is 4. The Morgan fingerprint density at radius 2 is 1.52 bits per heavy atom. The average Bonchev–Trinajstić information content (AvgIpc) is 4.10. The van der Waals surface area contributed by atoms with E-state index in [4.69, 9.17) is 51.8 Å². The number of rotatable bonds is 16. The summed E-state index contributed by atoms with van der Waals surface area (Å²) in [7, 11) is 0.229. The Morgan fingerprint density at radius 3 is 2.08 bits per heavy atom. The summed E-state index contributed by atoms with van der Waals surface area (Å²) in [6.07, 6.45) is -9.36. The molecule has 20 heteroatoms. The summed E-state index contributed by atoms with van der Waals surface area (Å²) in [5.74, 6) is -5.94. The van der Waals surface area contributed by atoms with Crippen molar-refractivity contribution in [3.8, 4) is 11.5 Å². The van der Waals surface area contributed by atoms with Gasteiger partial charge in [0.2, 0.25) is 0 Å². The highest BCUT2D eigenvalue weighted by atomic mass is 28.4. The summed E-state index contributed by atoms with van der Waals surface area (Å²) in [5.41, 5.74) is -7.81. The molecule has 2 aromatic rings. The molecule has 1 unspecified atom stereocenters. The van der Waals surface area contributed by atoms with Crippen molar-refractivity contribution < 1.29 is 85.4 Å². The molecule has 2 saturated heterocycles. The lowest BCUT2D eigenvalue weighted by molar-refractivity contribution is -0.341. The van der Waals surface area contributed by atoms with E-state index in [-0.39, 0.29) is 53.4 Å². The first-order valence-electron chi connectivity index (χ1n) is 27.8. The van der Waals surface area contributed by atoms with Gasteiger partial charge < -0.3 is 51.8 Å². The van der Waals surface area contributed by atoms with E-state index in [1.807, 2.05) is 34.6 Å². The Kier molecular flexibility index (Phi) is 16.5. The number of carbonyl (C=O) groups excluding carboxylic acids is 7. The molecule has 4 fully saturated rings. The Hall–Kier alpha value is -6.09. The van der Waals surface area contributed by atoms with Crippen LogP contribution in [-0.4, -0.2) is 135 Å². The monoisotopic (exact) mass is 1130 g/mol. The summed E-state index contributed by atoms with van der Waals surface area (Å²) in [6, 6.07) is 14.0. The average molecular weight is 1130 g/mol. The van der Waals surface area contributed by atoms with Gasteiger partial charge >= 0.3 is 35.9 Å². The van der Waals surface area contributed by atoms with Gasteiger partial charge in [-0.25, -0.2) is 19.2 Å². The van der Waals surface area contributed by atoms with Gasteiger partial charge in [0.05, 0.1) is 49.9 Å². The van der Waals surface area contributed by atoms with E-state index >= 15 is 14.4 Å². The highest BCUT2D eigenvalue weighted by Crippen LogP contribution is 2.68. The molecule has 80 heavy (non-hydrogen) atoms. The van der Waals surface area contributed by atoms with Gasteiger partial charge in [-0.3, -0.25) is 19.3 Å². The number of ketones is 1. The van der Waals surface area contributed by atoms with Crippen molar-refractivity contribution in [3.05, 3.63) is 82.5 Å². The maximum atomic E-state index is 16.8. The van der Waals surface area contributed by atoms with Crippen molar-refractivity contribution in [3.63, 3.8) is 0 Å². The topological polar surface area (TPSA) is 224 Å². The first-order chi connectivity index (χ1) is 37.5. The van der Waals surface area contributed by atoms with Crippen molar-refractivity contribution in [1.29, 1.82) is 0 Å². The molecule has 2 bridgehead atoms. The first-order valence-corrected chi connectivity index (χ1v) is 30.3. The molecule has 12 atom stereocenters. The van der Waals surface area contributed by atoms with E-state index in [0.717, 1.165) is 0 Å². The number of hydrogen-bond donors (Lipinski definition) is 0. The van der Waals surface area contributed by atoms with Crippen LogP contribution < -0.4 is 9.47 Å². The number of carbonyl (C=O) groups is 7. The zero-order valence-electron chi connectivity index (χ0n) is 49.0. The third kappa shape index (κ3) is 9.92. The maximum Gasteiger partial charge on any atom is 0.413 e. The van der Waals surface area contributed by atoms with Crippen molar-refractivity contribution >= 4 is 50.0 Å². The second-order valence-electron chi connectivity index (χ2n) is 24.1. The van der Waals surface area contributed by atoms with Gasteiger partial charge in [-0.2, -0.15) is 0 Å². The van der Waals surface area contributed by atoms with Crippen LogP contribution in [0.25, 0.3) is 0 Å². The zero-order chi connectivity index (χ0) is 58.8. The van der Waals surface area contributed by atoms with Gasteiger partial charge in [-0.1, -0.05) is 66.7 Å². The third-order valence-corrected chi connectivity index (χ3v) is 22.3. The second-order valence-corrected chi connectivity index (χ2v) is 28.9. The van der Waals surface area contributed by atoms with E-state index in [1.165, 1.54) is 39.0 Å². The van der Waals surface area contributed by atoms with Gasteiger partial charge in [0.25, 0.3) is 0 Å². The molecular formula is C60H79NO18Si. The van der Waals surface area contributed by atoms with Crippen LogP contribution in [0.5, 0.6) is 11.5 Å². The Morgan fingerprint density at radius 1 is 0.863 bits per heavy atom. The Bertz CT molecular complexity index is 2840. The number of hydrogen-bond acceptors (Lipinski definition) is 18. The molecule has 436 valence electrons. The van der Waals surface area contributed by atoms with Crippen LogP contribution in [0, 0.1) is 22.7 Å². The highest BCUT2D eigenvalue weighted by molar-refractivity contribution is 6.73. The lowest BCUT2D eigenvalue weighted by atomic mass is 9.44. The minimum Gasteiger partial charge on any atom is -0.497 e. The highest BCUT2D eigenvalue weighted by Gasteiger charge is 2.81. The number of esters is 5. The molecule has 6 aliphatic rings. The van der Waals surface area contributed by atoms with Crippen molar-refractivity contribution in [2.24, 2.45) is 22.7 Å². The maximum absolute atomic E-state index is 16.8. The number of ether oxygens (including phenoxy) is 10. The Balaban J connectivity index is 1.40. The van der Waals surface area contributed by atoms with Gasteiger partial charge in [-0.05, 0) is 101 Å². The molecule has 1 spiro atoms. The van der Waals surface area contributed by atoms with E-state index < -0.39 is 132 Å². The smallest absolute Gasteiger partial charge is 0.413 e. The number of amides is 1. The normalized spacial score (nSPS) is 31.4. The van der Waals surface area contributed by atoms with Crippen LogP contribution in [-0.2, 0) is 66.3 Å². The van der Waals surface area contributed by atoms with Crippen molar-refractivity contribution in [2.75, 3.05) is 20.8 Å². The van der Waals surface area contributed by atoms with Crippen LogP contribution in [0.15, 0.2) is 71.3 Å². The van der Waals surface area contributed by atoms with Crippen LogP contribution in [0.1, 0.15) is 132 Å². The summed E-state index contributed by atoms with van der Waals surface area (Å²) in [6.45, 7) is 23.9. The van der Waals surface area contributed by atoms with Gasteiger partial charge in [-0.15, -0.1) is 0 Å². The lowest BCUT2D eigenvalue weighted by Gasteiger charge is -2.68. The fraction of sp³-hybridized carbons (Fsp3) is 0.617. The van der Waals surface area contributed by atoms with Crippen LogP contribution in [0.2, 0.25) is 18.1 Å². The molecule has 1 amide bonds. The second kappa shape index (κ2) is 22.0. The van der Waals surface area contributed by atoms with E-state index in [2.05, 4.69) is 0 Å². The number of methoxy groups -OCH3 is 2. The quantitative estimate of drug-likeness (QED) is 0.0661. The van der Waals surface area contributed by atoms with Crippen molar-refractivity contribution in [2.45, 2.75) is 194 Å². The molecule has 3 aliphatic carbocycles. The van der Waals surface area contributed by atoms with Crippen LogP contribution >= 0.6 is 0 Å². The van der Waals surface area contributed by atoms with E-state index in [9.17, 15) is 19.2 Å². The molecule has 0 N–H and O–H groups in total. The Labute approximate surface area is 469 Å². The lowest BCUT2D eigenvalue weighted by Crippen LogP contribution is -2.82. The molecule has 19 nitrogen and oxygen atoms in total. The largest absolute Gasteiger partial charge is 0.497 e. The summed E-state index contributed by atoms with van der Waals surface area (Å²) in [4.78, 5) is 106. The molecule has 0 aromatic heterocycles. The minimum atomic E-state index is -2.71. The van der Waals surface area contributed by atoms with Gasteiger partial charge in [0.15, 0.2) is 49.8 Å². The molecule has 2 saturated carbocycles. The summed E-state index contributed by atoms with van der Waals surface area (Å²) < 4.78 is 71.2. The van der Waals surface area contributed by atoms with E-state index in [1.54, 1.807) is 97.0 Å². The molecule has 2 aromatic carbocycles. The first kappa shape index (κ1) is 60.0. The SMILES string of the molecule is CC[Si](CC)(CC)O[C@H]1C[C@H]2OC[C@@]2(OC(C)=O)[C@H]2[C@H](OC(=O)c3ccccc3)[C@]34OC(=O)C=C3[C@H](OC(=O)[C@@H]3OC(c5ccc(OC)cc5OC)N(C(=O)OC(C)(C)C)[C@@H]3CC(C)C)C(C)=C([C@@H](OC(C)=O)C(=O)[C@]12C)C4(C)C. The van der Waals surface area contributed by atoms with Crippen molar-refractivity contribution in [1.82, 2.24) is 4.90 Å². The van der Waals surface area contributed by atoms with Crippen LogP contribution in [0.3, 0.4) is 0 Å². The number of benzene rings is 2. The summed E-state index contributed by atoms with van der Waals surface area (Å²) in [5, 5.41) is 0. The van der Waals surface area contributed by atoms with Gasteiger partial charge in [0, 0.05) is 49.0 Å². The predicted molar refractivity (Wildman–Crippen MR) is 290 cm³/mol. The molecule has 0 radical (unpaired) electrons. The van der Waals surface area contributed by atoms with E-state index in [0.29, 0.717) is 29.4 Å². The van der Waals surface area contributed by atoms with Crippen LogP contribution in [0.4, 0.5) is 4.79 Å². The predicted octanol–water partition coefficient (Wildman–Crippen LogP) is 9.10. The third-order valence-electron chi connectivity index (χ3n) is 17.6. The molecular weight excluding hydrogens is 1050 g/mol. The zero-order valence-corrected chi connectivity index (χ0v) is 50.0. The minimum absolute atomic E-state index is 0.0132. The standard InChI is InChI=1S/C60H79NO18Si/c1-17-80(18-2,19-3)79-42-30-43-59(31-71-43,76-35(8)63)49-51(75-53(66)36-23-21-20-22-24-36)60-39(29-44(64)77-60)46(33(6)45(57(60,12)13)48(72-34(7)62)50(65)58(42,49)14)74-54(67)47-40(27-32(4)5)61(55(68)78-56(9,10)11)52(73-47)38-26-25-37(69-15)28-41(38)70-16/h20-26,28-29,32,40,42-43,46-49,51-52H,17-19,27,30-31H2,1-16H3/t40-,42+,43-,46-,47-,48-,49+,51+,52?,58-,59+,60-/m1/s1. The molecule has 3 aliphatic heterocycles. The summed E-state index contributed by atoms with van der Waals surface area (Å²) >= 11 is 0. The number of Topliss-reactive ketones (excluding diaryl/α,β-unsaturated/α-hetero) is 1. The number of nitrogens with zero attached hydrogens (tertiary/aromatic N) is 1. The molecule has 8 rings (SSSR count). The fourth-order valence-corrected chi connectivity index (χ4v) is 16.7. The molecule has 3 heterocycles.